The summed E-state index contributed by atoms with van der Waals surface area (Å²) in [6.45, 7) is 0.0325. The highest BCUT2D eigenvalue weighted by Gasteiger charge is 2.34. The van der Waals surface area contributed by atoms with E-state index in [1.165, 1.54) is 16.8 Å². The molecule has 1 aromatic heterocycles. The Bertz CT molecular complexity index is 432. The lowest BCUT2D eigenvalue weighted by Gasteiger charge is -2.16. The van der Waals surface area contributed by atoms with Crippen LogP contribution in [0.5, 0.6) is 0 Å². The van der Waals surface area contributed by atoms with Crippen LogP contribution in [0.25, 0.3) is 0 Å². The zero-order chi connectivity index (χ0) is 11.7. The highest BCUT2D eigenvalue weighted by Crippen LogP contribution is 2.33. The lowest BCUT2D eigenvalue weighted by Crippen LogP contribution is -2.30. The van der Waals surface area contributed by atoms with Gasteiger partial charge in [0.25, 0.3) is 0 Å². The van der Waals surface area contributed by atoms with E-state index in [4.69, 9.17) is 10.8 Å². The summed E-state index contributed by atoms with van der Waals surface area (Å²) in [5.74, 6) is 0.219. The molecule has 1 aliphatic carbocycles. The molecule has 4 N–H and O–H groups in total. The fourth-order valence-electron chi connectivity index (χ4n) is 2.22. The molecular weight excluding hydrogens is 210 g/mol. The van der Waals surface area contributed by atoms with E-state index in [0.29, 0.717) is 12.8 Å². The molecule has 0 radical (unpaired) electrons. The van der Waals surface area contributed by atoms with Crippen molar-refractivity contribution in [2.45, 2.75) is 25.0 Å². The smallest absolute Gasteiger partial charge is 0.349 e. The molecule has 1 fully saturated rings. The van der Waals surface area contributed by atoms with Crippen LogP contribution in [0, 0.1) is 5.92 Å². The molecule has 0 saturated heterocycles. The third kappa shape index (κ3) is 1.94. The minimum Gasteiger partial charge on any atom is -0.396 e. The summed E-state index contributed by atoms with van der Waals surface area (Å²) in [4.78, 5) is 15.2. The Morgan fingerprint density at radius 2 is 2.31 bits per heavy atom. The molecule has 16 heavy (non-hydrogen) atoms. The number of nitrogen functional groups attached to an aromatic ring is 1. The average Bonchev–Trinajstić information content (AvgIpc) is 2.60. The highest BCUT2D eigenvalue weighted by atomic mass is 16.3. The lowest BCUT2D eigenvalue weighted by molar-refractivity contribution is 0.129. The number of aromatic nitrogens is 2. The van der Waals surface area contributed by atoms with Crippen molar-refractivity contribution in [3.05, 3.63) is 22.7 Å². The summed E-state index contributed by atoms with van der Waals surface area (Å²) in [6.07, 6.45) is 2.03. The van der Waals surface area contributed by atoms with E-state index in [0.717, 1.165) is 0 Å². The first-order valence-electron chi connectivity index (χ1n) is 5.25. The van der Waals surface area contributed by atoms with Crippen molar-refractivity contribution in [3.8, 4) is 0 Å². The van der Waals surface area contributed by atoms with Gasteiger partial charge in [-0.3, -0.25) is 4.57 Å². The van der Waals surface area contributed by atoms with Crippen molar-refractivity contribution in [2.75, 3.05) is 12.3 Å². The van der Waals surface area contributed by atoms with Crippen molar-refractivity contribution in [3.63, 3.8) is 0 Å². The van der Waals surface area contributed by atoms with E-state index >= 15 is 0 Å². The number of nitrogens with zero attached hydrogens (tertiary/aromatic N) is 2. The Kier molecular flexibility index (Phi) is 2.93. The average molecular weight is 225 g/mol. The van der Waals surface area contributed by atoms with Gasteiger partial charge in [-0.15, -0.1) is 0 Å². The Morgan fingerprint density at radius 1 is 1.56 bits per heavy atom. The second-order valence-electron chi connectivity index (χ2n) is 4.20. The number of aliphatic hydroxyl groups is 2. The second kappa shape index (κ2) is 4.23. The van der Waals surface area contributed by atoms with Gasteiger partial charge in [0, 0.05) is 12.8 Å². The predicted molar refractivity (Wildman–Crippen MR) is 57.8 cm³/mol. The number of hydrogen-bond acceptors (Lipinski definition) is 5. The maximum Gasteiger partial charge on any atom is 0.349 e. The van der Waals surface area contributed by atoms with E-state index in [1.54, 1.807) is 0 Å². The van der Waals surface area contributed by atoms with Crippen LogP contribution >= 0.6 is 0 Å². The Labute approximate surface area is 92.4 Å². The monoisotopic (exact) mass is 225 g/mol. The Morgan fingerprint density at radius 3 is 2.88 bits per heavy atom. The summed E-state index contributed by atoms with van der Waals surface area (Å²) < 4.78 is 1.39. The van der Waals surface area contributed by atoms with Crippen molar-refractivity contribution < 1.29 is 10.2 Å². The fraction of sp³-hybridized carbons (Fsp3) is 0.600. The van der Waals surface area contributed by atoms with Crippen molar-refractivity contribution in [1.82, 2.24) is 9.55 Å². The van der Waals surface area contributed by atoms with Crippen molar-refractivity contribution in [2.24, 2.45) is 5.92 Å². The van der Waals surface area contributed by atoms with Crippen molar-refractivity contribution in [1.29, 1.82) is 0 Å². The first-order chi connectivity index (χ1) is 7.61. The van der Waals surface area contributed by atoms with Gasteiger partial charge >= 0.3 is 5.69 Å². The van der Waals surface area contributed by atoms with Gasteiger partial charge in [0.2, 0.25) is 0 Å². The van der Waals surface area contributed by atoms with E-state index in [-0.39, 0.29) is 24.4 Å². The van der Waals surface area contributed by atoms with Gasteiger partial charge in [-0.1, -0.05) is 0 Å². The fourth-order valence-corrected chi connectivity index (χ4v) is 2.22. The van der Waals surface area contributed by atoms with Crippen LogP contribution in [0.2, 0.25) is 0 Å². The van der Waals surface area contributed by atoms with Crippen LogP contribution in [0.1, 0.15) is 18.9 Å². The quantitative estimate of drug-likeness (QED) is 0.607. The van der Waals surface area contributed by atoms with E-state index in [9.17, 15) is 9.90 Å². The summed E-state index contributed by atoms with van der Waals surface area (Å²) in [7, 11) is 0. The topological polar surface area (TPSA) is 101 Å². The van der Waals surface area contributed by atoms with Gasteiger partial charge in [-0.2, -0.15) is 4.98 Å². The van der Waals surface area contributed by atoms with Crippen LogP contribution < -0.4 is 11.4 Å². The largest absolute Gasteiger partial charge is 0.396 e. The normalized spacial score (nSPS) is 29.5. The van der Waals surface area contributed by atoms with Crippen LogP contribution in [-0.2, 0) is 0 Å². The van der Waals surface area contributed by atoms with Crippen LogP contribution in [-0.4, -0.2) is 32.5 Å². The third-order valence-corrected chi connectivity index (χ3v) is 3.06. The minimum absolute atomic E-state index is 0.0325. The summed E-state index contributed by atoms with van der Waals surface area (Å²) in [5, 5.41) is 18.8. The number of anilines is 1. The van der Waals surface area contributed by atoms with E-state index < -0.39 is 11.8 Å². The molecule has 6 nitrogen and oxygen atoms in total. The van der Waals surface area contributed by atoms with Crippen molar-refractivity contribution >= 4 is 5.82 Å². The maximum absolute atomic E-state index is 11.6. The van der Waals surface area contributed by atoms with Crippen LogP contribution in [0.15, 0.2) is 17.1 Å². The molecule has 6 heteroatoms. The minimum atomic E-state index is -0.611. The SMILES string of the molecule is Nc1ccn([C@H]2C[C@@H](CO)C[C@@H]2O)c(=O)n1. The molecule has 0 bridgehead atoms. The highest BCUT2D eigenvalue weighted by molar-refractivity contribution is 5.23. The molecule has 88 valence electrons. The molecule has 1 saturated carbocycles. The standard InChI is InChI=1S/C10H15N3O3/c11-9-1-2-13(10(16)12-9)7-3-6(5-14)4-8(7)15/h1-2,6-8,14-15H,3-5H2,(H2,11,12,16)/t6-,7+,8+/m1/s1. The van der Waals surface area contributed by atoms with E-state index in [2.05, 4.69) is 4.98 Å². The van der Waals surface area contributed by atoms with Gasteiger partial charge in [-0.05, 0) is 24.8 Å². The molecule has 1 aromatic rings. The van der Waals surface area contributed by atoms with Crippen LogP contribution in [0.4, 0.5) is 5.82 Å². The molecule has 1 heterocycles. The zero-order valence-corrected chi connectivity index (χ0v) is 8.78. The number of rotatable bonds is 2. The summed E-state index contributed by atoms with van der Waals surface area (Å²) in [5.41, 5.74) is 4.93. The van der Waals surface area contributed by atoms with E-state index in [1.807, 2.05) is 0 Å². The maximum atomic E-state index is 11.6. The second-order valence-corrected chi connectivity index (χ2v) is 4.20. The van der Waals surface area contributed by atoms with Crippen LogP contribution in [0.3, 0.4) is 0 Å². The molecule has 0 aliphatic heterocycles. The Hall–Kier alpha value is -1.40. The summed E-state index contributed by atoms with van der Waals surface area (Å²) in [6, 6.07) is 1.22. The molecule has 0 spiro atoms. The number of nitrogens with two attached hydrogens (primary N) is 1. The third-order valence-electron chi connectivity index (χ3n) is 3.06. The predicted octanol–water partition coefficient (Wildman–Crippen LogP) is -0.870. The molecule has 0 aromatic carbocycles. The molecule has 2 rings (SSSR count). The lowest BCUT2D eigenvalue weighted by atomic mass is 10.1. The van der Waals surface area contributed by atoms with Gasteiger partial charge in [0.05, 0.1) is 12.1 Å². The van der Waals surface area contributed by atoms with Gasteiger partial charge in [0.15, 0.2) is 0 Å². The summed E-state index contributed by atoms with van der Waals surface area (Å²) >= 11 is 0. The first kappa shape index (κ1) is 11.1. The van der Waals surface area contributed by atoms with Gasteiger partial charge in [0.1, 0.15) is 5.82 Å². The molecule has 1 aliphatic rings. The Balaban J connectivity index is 2.28. The van der Waals surface area contributed by atoms with Gasteiger partial charge in [-0.25, -0.2) is 4.79 Å². The molecular formula is C10H15N3O3. The number of aliphatic hydroxyl groups excluding tert-OH is 2. The molecule has 3 atom stereocenters. The first-order valence-corrected chi connectivity index (χ1v) is 5.25. The molecule has 0 unspecified atom stereocenters. The zero-order valence-electron chi connectivity index (χ0n) is 8.78. The molecule has 0 amide bonds. The number of hydrogen-bond donors (Lipinski definition) is 3. The van der Waals surface area contributed by atoms with Gasteiger partial charge < -0.3 is 15.9 Å².